The van der Waals surface area contributed by atoms with Crippen molar-refractivity contribution >= 4 is 5.69 Å². The number of aliphatic hydroxyl groups is 1. The molecule has 0 amide bonds. The third-order valence-corrected chi connectivity index (χ3v) is 2.81. The van der Waals surface area contributed by atoms with Crippen LogP contribution in [0, 0.1) is 12.0 Å². The van der Waals surface area contributed by atoms with Gasteiger partial charge in [0.15, 0.2) is 0 Å². The molecule has 14 heavy (non-hydrogen) atoms. The molecule has 1 aromatic carbocycles. The van der Waals surface area contributed by atoms with Crippen LogP contribution in [0.4, 0.5) is 5.69 Å². The monoisotopic (exact) mass is 190 g/mol. The van der Waals surface area contributed by atoms with Crippen LogP contribution in [0.5, 0.6) is 0 Å². The first-order valence-corrected chi connectivity index (χ1v) is 5.22. The molecule has 1 aromatic rings. The lowest BCUT2D eigenvalue weighted by molar-refractivity contribution is 0.208. The molecule has 0 aromatic heterocycles. The van der Waals surface area contributed by atoms with Crippen molar-refractivity contribution in [3.63, 3.8) is 0 Å². The van der Waals surface area contributed by atoms with Crippen LogP contribution in [0.1, 0.15) is 12.8 Å². The van der Waals surface area contributed by atoms with Gasteiger partial charge in [0.25, 0.3) is 0 Å². The largest absolute Gasteiger partial charge is 0.396 e. The van der Waals surface area contributed by atoms with Crippen molar-refractivity contribution < 1.29 is 5.11 Å². The van der Waals surface area contributed by atoms with Crippen LogP contribution in [-0.2, 0) is 0 Å². The number of piperidine rings is 1. The molecule has 0 spiro atoms. The van der Waals surface area contributed by atoms with Crippen molar-refractivity contribution in [2.75, 3.05) is 24.6 Å². The van der Waals surface area contributed by atoms with Crippen LogP contribution in [0.2, 0.25) is 0 Å². The highest BCUT2D eigenvalue weighted by atomic mass is 16.3. The summed E-state index contributed by atoms with van der Waals surface area (Å²) < 4.78 is 0. The fraction of sp³-hybridized carbons (Fsp3) is 0.500. The molecule has 2 nitrogen and oxygen atoms in total. The van der Waals surface area contributed by atoms with E-state index in [4.69, 9.17) is 5.11 Å². The Bertz CT molecular complexity index is 273. The second kappa shape index (κ2) is 4.47. The van der Waals surface area contributed by atoms with Gasteiger partial charge in [0.2, 0.25) is 0 Å². The van der Waals surface area contributed by atoms with E-state index in [0.717, 1.165) is 25.2 Å². The van der Waals surface area contributed by atoms with E-state index in [1.54, 1.807) is 0 Å². The summed E-state index contributed by atoms with van der Waals surface area (Å²) in [5.41, 5.74) is 1.16. The van der Waals surface area contributed by atoms with Gasteiger partial charge in [0, 0.05) is 31.5 Å². The van der Waals surface area contributed by atoms with Gasteiger partial charge >= 0.3 is 0 Å². The van der Waals surface area contributed by atoms with Gasteiger partial charge in [-0.1, -0.05) is 18.2 Å². The first kappa shape index (κ1) is 9.53. The fourth-order valence-corrected chi connectivity index (χ4v) is 2.01. The molecule has 1 radical (unpaired) electrons. The Kier molecular flexibility index (Phi) is 3.04. The average molecular weight is 190 g/mol. The summed E-state index contributed by atoms with van der Waals surface area (Å²) in [6.07, 6.45) is 2.33. The maximum atomic E-state index is 9.12. The third-order valence-electron chi connectivity index (χ3n) is 2.81. The minimum atomic E-state index is 0.309. The van der Waals surface area contributed by atoms with Crippen molar-refractivity contribution in [2.24, 2.45) is 5.92 Å². The lowest BCUT2D eigenvalue weighted by Crippen LogP contribution is -2.36. The van der Waals surface area contributed by atoms with Crippen LogP contribution in [0.25, 0.3) is 0 Å². The molecule has 1 aliphatic heterocycles. The van der Waals surface area contributed by atoms with Crippen molar-refractivity contribution in [3.05, 3.63) is 30.3 Å². The molecule has 0 saturated carbocycles. The number of rotatable bonds is 2. The zero-order valence-electron chi connectivity index (χ0n) is 8.32. The molecule has 1 unspecified atom stereocenters. The Morgan fingerprint density at radius 1 is 1.50 bits per heavy atom. The summed E-state index contributed by atoms with van der Waals surface area (Å²) >= 11 is 0. The Hall–Kier alpha value is -1.02. The lowest BCUT2D eigenvalue weighted by Gasteiger charge is -2.33. The molecule has 0 aliphatic carbocycles. The number of hydrogen-bond donors (Lipinski definition) is 1. The molecule has 1 aliphatic rings. The van der Waals surface area contributed by atoms with Gasteiger partial charge in [-0.05, 0) is 24.8 Å². The summed E-state index contributed by atoms with van der Waals surface area (Å²) in [6, 6.07) is 11.3. The van der Waals surface area contributed by atoms with E-state index in [1.165, 1.54) is 6.42 Å². The molecule has 1 atom stereocenters. The summed E-state index contributed by atoms with van der Waals surface area (Å²) in [6.45, 7) is 2.37. The van der Waals surface area contributed by atoms with Crippen molar-refractivity contribution in [2.45, 2.75) is 12.8 Å². The standard InChI is InChI=1S/C12H16NO/c14-10-11-5-4-8-13(9-11)12-6-2-1-3-7-12/h1-3,6,11,14H,4-5,8-10H2. The molecule has 1 saturated heterocycles. The van der Waals surface area contributed by atoms with E-state index < -0.39 is 0 Å². The molecular weight excluding hydrogens is 174 g/mol. The summed E-state index contributed by atoms with van der Waals surface area (Å²) in [4.78, 5) is 2.31. The van der Waals surface area contributed by atoms with Crippen LogP contribution in [0.15, 0.2) is 24.3 Å². The van der Waals surface area contributed by atoms with E-state index in [1.807, 2.05) is 18.2 Å². The highest BCUT2D eigenvalue weighted by molar-refractivity contribution is 5.45. The van der Waals surface area contributed by atoms with Gasteiger partial charge in [-0.3, -0.25) is 0 Å². The van der Waals surface area contributed by atoms with Crippen LogP contribution in [0.3, 0.4) is 0 Å². The molecule has 1 heterocycles. The number of nitrogens with zero attached hydrogens (tertiary/aromatic N) is 1. The van der Waals surface area contributed by atoms with Crippen molar-refractivity contribution in [3.8, 4) is 0 Å². The second-order valence-corrected chi connectivity index (χ2v) is 3.88. The fourth-order valence-electron chi connectivity index (χ4n) is 2.01. The highest BCUT2D eigenvalue weighted by Crippen LogP contribution is 2.21. The number of aliphatic hydroxyl groups excluding tert-OH is 1. The molecule has 2 heteroatoms. The molecule has 1 N–H and O–H groups in total. The maximum absolute atomic E-state index is 9.12. The predicted molar refractivity (Wildman–Crippen MR) is 57.3 cm³/mol. The second-order valence-electron chi connectivity index (χ2n) is 3.88. The van der Waals surface area contributed by atoms with E-state index in [0.29, 0.717) is 12.5 Å². The number of benzene rings is 1. The van der Waals surface area contributed by atoms with Crippen molar-refractivity contribution in [1.29, 1.82) is 0 Å². The average Bonchev–Trinajstić information content (AvgIpc) is 2.30. The topological polar surface area (TPSA) is 23.5 Å². The number of anilines is 1. The van der Waals surface area contributed by atoms with Gasteiger partial charge in [-0.15, -0.1) is 0 Å². The molecule has 75 valence electrons. The normalized spacial score (nSPS) is 22.4. The van der Waals surface area contributed by atoms with Crippen LogP contribution >= 0.6 is 0 Å². The quantitative estimate of drug-likeness (QED) is 0.767. The van der Waals surface area contributed by atoms with Gasteiger partial charge in [0.1, 0.15) is 0 Å². The smallest absolute Gasteiger partial charge is 0.0476 e. The minimum absolute atomic E-state index is 0.309. The summed E-state index contributed by atoms with van der Waals surface area (Å²) in [5, 5.41) is 9.12. The highest BCUT2D eigenvalue weighted by Gasteiger charge is 2.18. The van der Waals surface area contributed by atoms with Crippen LogP contribution in [-0.4, -0.2) is 24.8 Å². The SMILES string of the molecule is OCC1CCCN(c2[c]cccc2)C1. The maximum Gasteiger partial charge on any atom is 0.0476 e. The molecule has 0 bridgehead atoms. The van der Waals surface area contributed by atoms with Gasteiger partial charge in [0.05, 0.1) is 0 Å². The Morgan fingerprint density at radius 2 is 2.43 bits per heavy atom. The zero-order valence-corrected chi connectivity index (χ0v) is 8.32. The zero-order chi connectivity index (χ0) is 9.80. The first-order chi connectivity index (χ1) is 6.90. The van der Waals surface area contributed by atoms with Gasteiger partial charge < -0.3 is 10.0 Å². The summed E-state index contributed by atoms with van der Waals surface area (Å²) in [7, 11) is 0. The molecule has 2 rings (SSSR count). The number of hydrogen-bond acceptors (Lipinski definition) is 2. The lowest BCUT2D eigenvalue weighted by atomic mass is 9.98. The Labute approximate surface area is 85.2 Å². The summed E-state index contributed by atoms with van der Waals surface area (Å²) in [5.74, 6) is 0.442. The van der Waals surface area contributed by atoms with E-state index in [-0.39, 0.29) is 0 Å². The van der Waals surface area contributed by atoms with Gasteiger partial charge in [-0.25, -0.2) is 0 Å². The third kappa shape index (κ3) is 2.07. The molecular formula is C12H16NO. The first-order valence-electron chi connectivity index (χ1n) is 5.22. The van der Waals surface area contributed by atoms with Gasteiger partial charge in [-0.2, -0.15) is 0 Å². The van der Waals surface area contributed by atoms with Crippen LogP contribution < -0.4 is 4.90 Å². The van der Waals surface area contributed by atoms with Crippen molar-refractivity contribution in [1.82, 2.24) is 0 Å². The Balaban J connectivity index is 2.04. The molecule has 1 fully saturated rings. The minimum Gasteiger partial charge on any atom is -0.396 e. The predicted octanol–water partition coefficient (Wildman–Crippen LogP) is 1.70. The van der Waals surface area contributed by atoms with E-state index in [2.05, 4.69) is 17.0 Å². The number of para-hydroxylation sites is 1. The van der Waals surface area contributed by atoms with E-state index in [9.17, 15) is 0 Å². The van der Waals surface area contributed by atoms with E-state index >= 15 is 0 Å². The Morgan fingerprint density at radius 3 is 3.14 bits per heavy atom.